The smallest absolute Gasteiger partial charge is 0.395 e. The van der Waals surface area contributed by atoms with Crippen molar-refractivity contribution in [3.8, 4) is 23.3 Å². The molecule has 3 aromatic rings. The minimum atomic E-state index is -4.43. The molecule has 0 spiro atoms. The lowest BCUT2D eigenvalue weighted by molar-refractivity contribution is -0.153. The van der Waals surface area contributed by atoms with Crippen LogP contribution in [-0.2, 0) is 0 Å². The number of benzene rings is 2. The molecular weight excluding hydrogens is 532 g/mol. The molecule has 1 heterocycles. The summed E-state index contributed by atoms with van der Waals surface area (Å²) in [5.41, 5.74) is -1.20. The van der Waals surface area contributed by atoms with Gasteiger partial charge in [-0.2, -0.15) is 23.1 Å². The number of unbranched alkanes of at least 4 members (excludes halogenated alkanes) is 1. The van der Waals surface area contributed by atoms with Crippen LogP contribution in [0.15, 0.2) is 46.0 Å². The number of hydrogen-bond donors (Lipinski definition) is 1. The predicted molar refractivity (Wildman–Crippen MR) is 135 cm³/mol. The minimum absolute atomic E-state index is 0.0113. The first-order chi connectivity index (χ1) is 17.4. The van der Waals surface area contributed by atoms with E-state index in [1.54, 1.807) is 31.2 Å². The summed E-state index contributed by atoms with van der Waals surface area (Å²) in [6.07, 6.45) is -1.68. The van der Waals surface area contributed by atoms with Crippen LogP contribution in [0.3, 0.4) is 0 Å². The van der Waals surface area contributed by atoms with Gasteiger partial charge in [-0.3, -0.25) is 9.78 Å². The number of ether oxygens (including phenoxy) is 1. The highest BCUT2D eigenvalue weighted by Gasteiger charge is 2.39. The van der Waals surface area contributed by atoms with E-state index in [2.05, 4.69) is 5.10 Å². The standard InChI is InChI=1S/C25H21Cl2F3N4O3/c1-4-5-6-17(14(3)25(28,29)30)18-11-16(8-7-13(18)2)37-22-19(26)9-15(10-20(22)27)34-24(36)32-23(35)21(12-31)33-34/h6-11,14H,4-5H2,1-3H3,(H,32,35,36)/b17-6-. The van der Waals surface area contributed by atoms with Gasteiger partial charge in [-0.25, -0.2) is 4.79 Å². The van der Waals surface area contributed by atoms with E-state index in [1.807, 2.05) is 11.9 Å². The molecule has 3 rings (SSSR count). The van der Waals surface area contributed by atoms with Crippen LogP contribution in [-0.4, -0.2) is 20.9 Å². The second kappa shape index (κ2) is 11.2. The van der Waals surface area contributed by atoms with Crippen molar-refractivity contribution in [2.75, 3.05) is 0 Å². The monoisotopic (exact) mass is 552 g/mol. The molecule has 0 saturated carbocycles. The van der Waals surface area contributed by atoms with Crippen molar-refractivity contribution < 1.29 is 17.9 Å². The molecule has 0 aliphatic heterocycles. The van der Waals surface area contributed by atoms with Gasteiger partial charge in [0, 0.05) is 0 Å². The topological polar surface area (TPSA) is 101 Å². The van der Waals surface area contributed by atoms with Gasteiger partial charge in [0.2, 0.25) is 5.69 Å². The number of nitrogens with zero attached hydrogens (tertiary/aromatic N) is 3. The van der Waals surface area contributed by atoms with E-state index < -0.39 is 29.0 Å². The third kappa shape index (κ3) is 6.24. The Labute approximate surface area is 219 Å². The fourth-order valence-corrected chi connectivity index (χ4v) is 4.06. The van der Waals surface area contributed by atoms with Crippen LogP contribution in [0, 0.1) is 24.2 Å². The van der Waals surface area contributed by atoms with Gasteiger partial charge in [0.05, 0.1) is 21.7 Å². The molecule has 0 aliphatic rings. The normalized spacial score (nSPS) is 12.8. The van der Waals surface area contributed by atoms with Crippen LogP contribution in [0.25, 0.3) is 11.3 Å². The van der Waals surface area contributed by atoms with Crippen LogP contribution >= 0.6 is 23.2 Å². The molecule has 0 bridgehead atoms. The third-order valence-electron chi connectivity index (χ3n) is 5.51. The van der Waals surface area contributed by atoms with Crippen molar-refractivity contribution in [3.05, 3.63) is 84.1 Å². The van der Waals surface area contributed by atoms with E-state index in [0.29, 0.717) is 24.0 Å². The lowest BCUT2D eigenvalue weighted by Crippen LogP contribution is -2.33. The van der Waals surface area contributed by atoms with E-state index in [-0.39, 0.29) is 32.8 Å². The lowest BCUT2D eigenvalue weighted by Gasteiger charge is -2.22. The van der Waals surface area contributed by atoms with E-state index in [0.717, 1.165) is 11.6 Å². The summed E-state index contributed by atoms with van der Waals surface area (Å²) in [6, 6.07) is 8.84. The van der Waals surface area contributed by atoms with Crippen molar-refractivity contribution in [1.29, 1.82) is 5.26 Å². The fourth-order valence-electron chi connectivity index (χ4n) is 3.50. The molecule has 12 heteroatoms. The van der Waals surface area contributed by atoms with Crippen molar-refractivity contribution in [1.82, 2.24) is 14.8 Å². The number of allylic oxidation sites excluding steroid dienone is 2. The van der Waals surface area contributed by atoms with Gasteiger partial charge in [-0.1, -0.05) is 48.7 Å². The number of halogens is 5. The molecule has 1 unspecified atom stereocenters. The second-order valence-corrected chi connectivity index (χ2v) is 8.97. The summed E-state index contributed by atoms with van der Waals surface area (Å²) in [5.74, 6) is -1.51. The Morgan fingerprint density at radius 1 is 1.24 bits per heavy atom. The van der Waals surface area contributed by atoms with Crippen molar-refractivity contribution in [3.63, 3.8) is 0 Å². The number of aromatic nitrogens is 3. The Kier molecular flexibility index (Phi) is 8.51. The molecule has 0 aliphatic carbocycles. The molecule has 7 nitrogen and oxygen atoms in total. The number of H-pyrrole nitrogens is 1. The molecule has 194 valence electrons. The summed E-state index contributed by atoms with van der Waals surface area (Å²) in [6.45, 7) is 4.71. The second-order valence-electron chi connectivity index (χ2n) is 8.16. The van der Waals surface area contributed by atoms with E-state index >= 15 is 0 Å². The summed E-state index contributed by atoms with van der Waals surface area (Å²) < 4.78 is 47.4. The highest BCUT2D eigenvalue weighted by molar-refractivity contribution is 6.37. The molecule has 37 heavy (non-hydrogen) atoms. The minimum Gasteiger partial charge on any atom is -0.454 e. The van der Waals surface area contributed by atoms with Crippen LogP contribution in [0.2, 0.25) is 10.0 Å². The summed E-state index contributed by atoms with van der Waals surface area (Å²) in [4.78, 5) is 25.8. The maximum absolute atomic E-state index is 13.6. The Balaban J connectivity index is 2.04. The maximum atomic E-state index is 13.6. The fraction of sp³-hybridized carbons (Fsp3) is 0.280. The SMILES string of the molecule is CCC/C=C(\c1cc(Oc2c(Cl)cc(-n3nc(C#N)c(=O)[nH]c3=O)cc2Cl)ccc1C)C(C)C(F)(F)F. The number of rotatable bonds is 7. The van der Waals surface area contributed by atoms with Crippen molar-refractivity contribution >= 4 is 28.8 Å². The molecule has 2 aromatic carbocycles. The average Bonchev–Trinajstić information content (AvgIpc) is 2.82. The highest BCUT2D eigenvalue weighted by Crippen LogP contribution is 2.42. The molecule has 0 radical (unpaired) electrons. The number of aromatic amines is 1. The van der Waals surface area contributed by atoms with E-state index in [9.17, 15) is 22.8 Å². The Hall–Kier alpha value is -3.55. The maximum Gasteiger partial charge on any atom is 0.395 e. The zero-order valence-corrected chi connectivity index (χ0v) is 21.4. The van der Waals surface area contributed by atoms with Crippen molar-refractivity contribution in [2.45, 2.75) is 39.8 Å². The van der Waals surface area contributed by atoms with Gasteiger partial charge in [-0.15, -0.1) is 5.10 Å². The van der Waals surface area contributed by atoms with Gasteiger partial charge < -0.3 is 4.74 Å². The van der Waals surface area contributed by atoms with Gasteiger partial charge >= 0.3 is 11.9 Å². The van der Waals surface area contributed by atoms with Gasteiger partial charge in [0.1, 0.15) is 11.8 Å². The summed E-state index contributed by atoms with van der Waals surface area (Å²) in [7, 11) is 0. The predicted octanol–water partition coefficient (Wildman–Crippen LogP) is 6.58. The van der Waals surface area contributed by atoms with Crippen LogP contribution in [0.1, 0.15) is 43.5 Å². The average molecular weight is 553 g/mol. The number of aryl methyl sites for hydroxylation is 1. The number of nitriles is 1. The zero-order valence-electron chi connectivity index (χ0n) is 19.9. The summed E-state index contributed by atoms with van der Waals surface area (Å²) >= 11 is 12.7. The third-order valence-corrected chi connectivity index (χ3v) is 6.07. The quantitative estimate of drug-likeness (QED) is 0.356. The first kappa shape index (κ1) is 28.0. The van der Waals surface area contributed by atoms with E-state index in [4.69, 9.17) is 33.2 Å². The number of alkyl halides is 3. The van der Waals surface area contributed by atoms with E-state index in [1.165, 1.54) is 18.2 Å². The molecule has 1 atom stereocenters. The molecule has 0 saturated heterocycles. The first-order valence-corrected chi connectivity index (χ1v) is 11.8. The van der Waals surface area contributed by atoms with Crippen LogP contribution < -0.4 is 16.0 Å². The molecular formula is C25H21Cl2F3N4O3. The molecule has 0 fully saturated rings. The Morgan fingerprint density at radius 2 is 1.89 bits per heavy atom. The van der Waals surface area contributed by atoms with Gasteiger partial charge in [0.15, 0.2) is 5.75 Å². The Bertz CT molecular complexity index is 1500. The lowest BCUT2D eigenvalue weighted by atomic mass is 9.89. The van der Waals surface area contributed by atoms with Gasteiger partial charge in [0.25, 0.3) is 5.56 Å². The largest absolute Gasteiger partial charge is 0.454 e. The van der Waals surface area contributed by atoms with Crippen LogP contribution in [0.5, 0.6) is 11.5 Å². The zero-order chi connectivity index (χ0) is 27.5. The first-order valence-electron chi connectivity index (χ1n) is 11.1. The summed E-state index contributed by atoms with van der Waals surface area (Å²) in [5, 5.41) is 12.6. The molecule has 0 amide bonds. The molecule has 1 aromatic heterocycles. The number of hydrogen-bond acceptors (Lipinski definition) is 5. The number of nitrogens with one attached hydrogen (secondary N) is 1. The highest BCUT2D eigenvalue weighted by atomic mass is 35.5. The molecule has 1 N–H and O–H groups in total. The Morgan fingerprint density at radius 3 is 2.46 bits per heavy atom. The van der Waals surface area contributed by atoms with Crippen molar-refractivity contribution in [2.24, 2.45) is 5.92 Å². The van der Waals surface area contributed by atoms with Crippen LogP contribution in [0.4, 0.5) is 13.2 Å². The van der Waals surface area contributed by atoms with Gasteiger partial charge in [-0.05, 0) is 61.2 Å².